The van der Waals surface area contributed by atoms with Crippen molar-refractivity contribution in [3.05, 3.63) is 51.6 Å². The molecule has 0 aliphatic rings. The summed E-state index contributed by atoms with van der Waals surface area (Å²) in [5, 5.41) is 0.498. The van der Waals surface area contributed by atoms with E-state index in [4.69, 9.17) is 0 Å². The van der Waals surface area contributed by atoms with E-state index in [-0.39, 0.29) is 23.2 Å². The lowest BCUT2D eigenvalue weighted by Gasteiger charge is -2.22. The van der Waals surface area contributed by atoms with Gasteiger partial charge in [-0.25, -0.2) is 13.4 Å². The van der Waals surface area contributed by atoms with Crippen molar-refractivity contribution in [1.82, 2.24) is 9.88 Å². The Morgan fingerprint density at radius 1 is 1.10 bits per heavy atom. The number of carbonyl (C=O) groups excluding carboxylic acids is 1. The minimum Gasteiger partial charge on any atom is -0.308 e. The first-order valence-electron chi connectivity index (χ1n) is 8.49. The lowest BCUT2D eigenvalue weighted by atomic mass is 10.2. The van der Waals surface area contributed by atoms with Crippen LogP contribution in [0.3, 0.4) is 0 Å². The summed E-state index contributed by atoms with van der Waals surface area (Å²) in [6, 6.07) is 12.5. The number of hydrogen-bond acceptors (Lipinski definition) is 6. The Morgan fingerprint density at radius 3 is 2.41 bits per heavy atom. The average Bonchev–Trinajstić information content (AvgIpc) is 3.04. The van der Waals surface area contributed by atoms with E-state index in [1.54, 1.807) is 23.1 Å². The third kappa shape index (κ3) is 5.46. The minimum atomic E-state index is -3.42. The number of halogens is 2. The molecule has 3 aromatic rings. The quantitative estimate of drug-likeness (QED) is 0.424. The summed E-state index contributed by atoms with van der Waals surface area (Å²) in [5.74, 6) is -0.146. The van der Waals surface area contributed by atoms with Gasteiger partial charge in [-0.05, 0) is 61.0 Å². The fourth-order valence-corrected chi connectivity index (χ4v) is 5.22. The largest absolute Gasteiger partial charge is 0.308 e. The number of aromatic nitrogens is 1. The second kappa shape index (κ2) is 9.69. The molecule has 1 amide bonds. The lowest BCUT2D eigenvalue weighted by molar-refractivity contribution is 0.0984. The fraction of sp³-hybridized carbons (Fsp3) is 0.263. The van der Waals surface area contributed by atoms with Crippen molar-refractivity contribution in [1.29, 1.82) is 0 Å². The summed E-state index contributed by atoms with van der Waals surface area (Å²) in [7, 11) is 0.464. The third-order valence-electron chi connectivity index (χ3n) is 4.12. The second-order valence-electron chi connectivity index (χ2n) is 6.61. The van der Waals surface area contributed by atoms with Crippen LogP contribution in [0.1, 0.15) is 10.4 Å². The van der Waals surface area contributed by atoms with Gasteiger partial charge in [-0.15, -0.1) is 12.4 Å². The highest BCUT2D eigenvalue weighted by Gasteiger charge is 2.24. The van der Waals surface area contributed by atoms with E-state index in [1.165, 1.54) is 17.6 Å². The molecule has 0 fully saturated rings. The first-order valence-corrected chi connectivity index (χ1v) is 12.3. The monoisotopic (exact) mass is 565 g/mol. The summed E-state index contributed by atoms with van der Waals surface area (Å²) in [6.07, 6.45) is 1.17. The molecular formula is C19H21ClIN3O3S2. The van der Waals surface area contributed by atoms with Gasteiger partial charge in [-0.3, -0.25) is 9.69 Å². The Hall–Kier alpha value is -1.27. The number of rotatable bonds is 6. The number of benzene rings is 2. The number of sulfone groups is 1. The van der Waals surface area contributed by atoms with E-state index in [9.17, 15) is 13.2 Å². The van der Waals surface area contributed by atoms with Crippen LogP contribution in [-0.2, 0) is 9.84 Å². The van der Waals surface area contributed by atoms with Gasteiger partial charge in [0.25, 0.3) is 5.91 Å². The molecule has 1 heterocycles. The number of fused-ring (bicyclic) bond motifs is 1. The molecule has 10 heteroatoms. The molecule has 0 N–H and O–H groups in total. The highest BCUT2D eigenvalue weighted by molar-refractivity contribution is 14.1. The van der Waals surface area contributed by atoms with Crippen LogP contribution in [0.5, 0.6) is 0 Å². The molecule has 0 bridgehead atoms. The fourth-order valence-electron chi connectivity index (χ4n) is 2.69. The smallest absolute Gasteiger partial charge is 0.261 e. The Labute approximate surface area is 194 Å². The van der Waals surface area contributed by atoms with Crippen molar-refractivity contribution >= 4 is 77.4 Å². The Kier molecular flexibility index (Phi) is 8.02. The predicted octanol–water partition coefficient (Wildman–Crippen LogP) is 3.93. The number of amides is 1. The molecule has 0 radical (unpaired) electrons. The number of para-hydroxylation sites is 1. The van der Waals surface area contributed by atoms with E-state index >= 15 is 0 Å². The van der Waals surface area contributed by atoms with E-state index < -0.39 is 9.84 Å². The van der Waals surface area contributed by atoms with Crippen LogP contribution in [0, 0.1) is 3.57 Å². The van der Waals surface area contributed by atoms with Crippen molar-refractivity contribution < 1.29 is 13.2 Å². The van der Waals surface area contributed by atoms with Gasteiger partial charge in [0.1, 0.15) is 5.52 Å². The Morgan fingerprint density at radius 2 is 1.79 bits per heavy atom. The number of anilines is 1. The van der Waals surface area contributed by atoms with Gasteiger partial charge in [0.15, 0.2) is 15.0 Å². The van der Waals surface area contributed by atoms with Gasteiger partial charge in [-0.1, -0.05) is 29.5 Å². The highest BCUT2D eigenvalue weighted by Crippen LogP contribution is 2.33. The van der Waals surface area contributed by atoms with Crippen molar-refractivity contribution in [2.45, 2.75) is 4.90 Å². The maximum atomic E-state index is 13.3. The van der Waals surface area contributed by atoms with Crippen molar-refractivity contribution in [3.63, 3.8) is 0 Å². The zero-order valence-corrected chi connectivity index (χ0v) is 20.7. The number of likely N-dealkylation sites (N-methyl/N-ethyl adjacent to an activating group) is 1. The molecule has 2 aromatic carbocycles. The second-order valence-corrected chi connectivity index (χ2v) is 10.8. The summed E-state index contributed by atoms with van der Waals surface area (Å²) < 4.78 is 25.8. The Balaban J connectivity index is 0.00000300. The summed E-state index contributed by atoms with van der Waals surface area (Å²) in [5.41, 5.74) is 1.01. The lowest BCUT2D eigenvalue weighted by Crippen LogP contribution is -2.37. The van der Waals surface area contributed by atoms with Gasteiger partial charge >= 0.3 is 0 Å². The normalized spacial score (nSPS) is 11.5. The maximum Gasteiger partial charge on any atom is 0.261 e. The first-order chi connectivity index (χ1) is 13.2. The third-order valence-corrected chi connectivity index (χ3v) is 7.23. The molecule has 0 atom stereocenters. The summed E-state index contributed by atoms with van der Waals surface area (Å²) in [6.45, 7) is 1.11. The molecule has 3 rings (SSSR count). The molecule has 1 aromatic heterocycles. The Bertz CT molecular complexity index is 1130. The maximum absolute atomic E-state index is 13.3. The number of carbonyl (C=O) groups is 1. The van der Waals surface area contributed by atoms with Crippen LogP contribution in [0.25, 0.3) is 10.2 Å². The van der Waals surface area contributed by atoms with E-state index in [0.717, 1.165) is 8.27 Å². The van der Waals surface area contributed by atoms with Crippen LogP contribution in [0.4, 0.5) is 5.13 Å². The van der Waals surface area contributed by atoms with E-state index in [2.05, 4.69) is 27.6 Å². The van der Waals surface area contributed by atoms with Gasteiger partial charge in [0.2, 0.25) is 0 Å². The van der Waals surface area contributed by atoms with Crippen LogP contribution in [-0.4, -0.2) is 57.6 Å². The standard InChI is InChI=1S/C19H20IN3O3S2.ClH/c1-22(2)11-12-23(18(24)13-7-4-5-8-14(13)20)19-21-17-15(27-19)9-6-10-16(17)28(3,25)26;/h4-10H,11-12H2,1-3H3;1H. The van der Waals surface area contributed by atoms with Gasteiger partial charge in [0, 0.05) is 22.9 Å². The van der Waals surface area contributed by atoms with E-state index in [0.29, 0.717) is 29.3 Å². The first kappa shape index (κ1) is 24.0. The van der Waals surface area contributed by atoms with Crippen LogP contribution in [0.15, 0.2) is 47.4 Å². The molecule has 0 saturated carbocycles. The minimum absolute atomic E-state index is 0. The van der Waals surface area contributed by atoms with E-state index in [1.807, 2.05) is 43.3 Å². The van der Waals surface area contributed by atoms with Crippen molar-refractivity contribution in [2.24, 2.45) is 0 Å². The molecule has 156 valence electrons. The molecule has 0 saturated heterocycles. The van der Waals surface area contributed by atoms with Crippen LogP contribution >= 0.6 is 46.3 Å². The average molecular weight is 566 g/mol. The topological polar surface area (TPSA) is 70.6 Å². The predicted molar refractivity (Wildman–Crippen MR) is 129 cm³/mol. The molecular weight excluding hydrogens is 545 g/mol. The summed E-state index contributed by atoms with van der Waals surface area (Å²) in [4.78, 5) is 21.7. The van der Waals surface area contributed by atoms with Crippen molar-refractivity contribution in [3.8, 4) is 0 Å². The molecule has 6 nitrogen and oxygen atoms in total. The molecule has 0 spiro atoms. The van der Waals surface area contributed by atoms with Crippen LogP contribution in [0.2, 0.25) is 0 Å². The number of thiazole rings is 1. The molecule has 0 unspecified atom stereocenters. The zero-order valence-electron chi connectivity index (χ0n) is 16.1. The highest BCUT2D eigenvalue weighted by atomic mass is 127. The SMILES string of the molecule is CN(C)CCN(C(=O)c1ccccc1I)c1nc2c(S(C)(=O)=O)cccc2s1.Cl. The van der Waals surface area contributed by atoms with Gasteiger partial charge in [-0.2, -0.15) is 0 Å². The van der Waals surface area contributed by atoms with Gasteiger partial charge < -0.3 is 4.90 Å². The molecule has 0 aliphatic heterocycles. The summed E-state index contributed by atoms with van der Waals surface area (Å²) >= 11 is 3.47. The van der Waals surface area contributed by atoms with Crippen molar-refractivity contribution in [2.75, 3.05) is 38.3 Å². The molecule has 29 heavy (non-hydrogen) atoms. The van der Waals surface area contributed by atoms with Gasteiger partial charge in [0.05, 0.1) is 15.2 Å². The van der Waals surface area contributed by atoms with Crippen LogP contribution < -0.4 is 4.90 Å². The zero-order chi connectivity index (χ0) is 20.5. The molecule has 0 aliphatic carbocycles. The number of nitrogens with zero attached hydrogens (tertiary/aromatic N) is 3. The number of hydrogen-bond donors (Lipinski definition) is 0.